The van der Waals surface area contributed by atoms with Gasteiger partial charge in [-0.2, -0.15) is 0 Å². The molecule has 0 amide bonds. The smallest absolute Gasteiger partial charge is 0.314 e. The van der Waals surface area contributed by atoms with E-state index in [1.165, 1.54) is 6.20 Å². The fourth-order valence-corrected chi connectivity index (χ4v) is 2.37. The number of nitrogens with zero attached hydrogens (tertiary/aromatic N) is 2. The minimum absolute atomic E-state index is 0.0147. The van der Waals surface area contributed by atoms with Crippen LogP contribution in [0.25, 0.3) is 0 Å². The average molecular weight is 251 g/mol. The van der Waals surface area contributed by atoms with E-state index < -0.39 is 10.5 Å². The highest BCUT2D eigenvalue weighted by atomic mass is 16.6. The fraction of sp³-hybridized carbons (Fsp3) is 0.583. The second-order valence-electron chi connectivity index (χ2n) is 4.87. The van der Waals surface area contributed by atoms with Gasteiger partial charge in [-0.05, 0) is 25.8 Å². The highest BCUT2D eigenvalue weighted by Crippen LogP contribution is 2.31. The number of aliphatic hydroxyl groups is 1. The summed E-state index contributed by atoms with van der Waals surface area (Å²) < 4.78 is 0. The number of nitro groups is 1. The van der Waals surface area contributed by atoms with Gasteiger partial charge in [-0.1, -0.05) is 12.8 Å². The Balaban J connectivity index is 2.14. The van der Waals surface area contributed by atoms with Gasteiger partial charge in [-0.15, -0.1) is 0 Å². The standard InChI is InChI=1S/C12H17N3O3/c1-9-4-7-13-11(10(9)15(17)18)14-8-12(16)5-2-3-6-12/h4,7,16H,2-3,5-6,8H2,1H3,(H,13,14). The molecule has 1 saturated carbocycles. The van der Waals surface area contributed by atoms with Gasteiger partial charge < -0.3 is 10.4 Å². The second-order valence-corrected chi connectivity index (χ2v) is 4.87. The number of nitrogens with one attached hydrogen (secondary N) is 1. The summed E-state index contributed by atoms with van der Waals surface area (Å²) in [4.78, 5) is 14.5. The molecule has 6 heteroatoms. The molecule has 0 bridgehead atoms. The zero-order valence-electron chi connectivity index (χ0n) is 10.3. The number of rotatable bonds is 4. The highest BCUT2D eigenvalue weighted by molar-refractivity contribution is 5.59. The molecule has 0 saturated heterocycles. The van der Waals surface area contributed by atoms with Crippen molar-refractivity contribution in [3.05, 3.63) is 27.9 Å². The Labute approximate surface area is 105 Å². The molecule has 0 spiro atoms. The molecule has 1 aliphatic carbocycles. The van der Waals surface area contributed by atoms with Gasteiger partial charge in [-0.3, -0.25) is 10.1 Å². The number of aryl methyl sites for hydroxylation is 1. The number of pyridine rings is 1. The van der Waals surface area contributed by atoms with E-state index in [4.69, 9.17) is 0 Å². The van der Waals surface area contributed by atoms with Crippen molar-refractivity contribution in [1.82, 2.24) is 4.98 Å². The van der Waals surface area contributed by atoms with Crippen LogP contribution in [-0.4, -0.2) is 27.2 Å². The van der Waals surface area contributed by atoms with E-state index in [0.717, 1.165) is 25.7 Å². The predicted octanol–water partition coefficient (Wildman–Crippen LogP) is 2.02. The van der Waals surface area contributed by atoms with Gasteiger partial charge in [0.05, 0.1) is 10.5 Å². The van der Waals surface area contributed by atoms with Crippen LogP contribution in [0, 0.1) is 17.0 Å². The molecule has 6 nitrogen and oxygen atoms in total. The first kappa shape index (κ1) is 12.8. The molecule has 0 atom stereocenters. The lowest BCUT2D eigenvalue weighted by Crippen LogP contribution is -2.33. The Bertz CT molecular complexity index is 456. The lowest BCUT2D eigenvalue weighted by Gasteiger charge is -2.22. The summed E-state index contributed by atoms with van der Waals surface area (Å²) in [6.45, 7) is 1.99. The van der Waals surface area contributed by atoms with Crippen LogP contribution in [0.15, 0.2) is 12.3 Å². The van der Waals surface area contributed by atoms with Crippen molar-refractivity contribution < 1.29 is 10.0 Å². The summed E-state index contributed by atoms with van der Waals surface area (Å²) in [6.07, 6.45) is 5.01. The Morgan fingerprint density at radius 3 is 2.83 bits per heavy atom. The Morgan fingerprint density at radius 2 is 2.22 bits per heavy atom. The molecule has 2 N–H and O–H groups in total. The molecule has 0 aromatic carbocycles. The van der Waals surface area contributed by atoms with Crippen LogP contribution < -0.4 is 5.32 Å². The molecule has 0 unspecified atom stereocenters. The van der Waals surface area contributed by atoms with Gasteiger partial charge in [0.25, 0.3) is 0 Å². The Hall–Kier alpha value is -1.69. The number of anilines is 1. The minimum atomic E-state index is -0.751. The SMILES string of the molecule is Cc1ccnc(NCC2(O)CCCC2)c1[N+](=O)[O-]. The maximum Gasteiger partial charge on any atom is 0.314 e. The molecule has 1 aromatic rings. The van der Waals surface area contributed by atoms with Crippen molar-refractivity contribution in [3.63, 3.8) is 0 Å². The van der Waals surface area contributed by atoms with Crippen LogP contribution in [-0.2, 0) is 0 Å². The van der Waals surface area contributed by atoms with Crippen molar-refractivity contribution in [1.29, 1.82) is 0 Å². The van der Waals surface area contributed by atoms with Gasteiger partial charge in [0.1, 0.15) is 0 Å². The molecular weight excluding hydrogens is 234 g/mol. The molecule has 1 heterocycles. The maximum absolute atomic E-state index is 11.0. The van der Waals surface area contributed by atoms with Gasteiger partial charge in [-0.25, -0.2) is 4.98 Å². The van der Waals surface area contributed by atoms with Gasteiger partial charge >= 0.3 is 5.69 Å². The van der Waals surface area contributed by atoms with Crippen LogP contribution in [0.5, 0.6) is 0 Å². The van der Waals surface area contributed by atoms with Crippen LogP contribution in [0.2, 0.25) is 0 Å². The average Bonchev–Trinajstić information content (AvgIpc) is 2.73. The second kappa shape index (κ2) is 4.89. The van der Waals surface area contributed by atoms with Crippen LogP contribution in [0.4, 0.5) is 11.5 Å². The summed E-state index contributed by atoms with van der Waals surface area (Å²) >= 11 is 0. The first-order valence-electron chi connectivity index (χ1n) is 6.08. The van der Waals surface area contributed by atoms with E-state index in [-0.39, 0.29) is 11.5 Å². The fourth-order valence-electron chi connectivity index (χ4n) is 2.37. The molecule has 18 heavy (non-hydrogen) atoms. The normalized spacial score (nSPS) is 17.7. The number of aromatic nitrogens is 1. The van der Waals surface area contributed by atoms with E-state index >= 15 is 0 Å². The lowest BCUT2D eigenvalue weighted by atomic mass is 10.0. The van der Waals surface area contributed by atoms with Crippen LogP contribution in [0.1, 0.15) is 31.2 Å². The van der Waals surface area contributed by atoms with Crippen molar-refractivity contribution in [2.24, 2.45) is 0 Å². The Morgan fingerprint density at radius 1 is 1.56 bits per heavy atom. The van der Waals surface area contributed by atoms with Crippen LogP contribution in [0.3, 0.4) is 0 Å². The quantitative estimate of drug-likeness (QED) is 0.631. The van der Waals surface area contributed by atoms with Gasteiger partial charge in [0, 0.05) is 18.3 Å². The molecule has 1 aliphatic rings. The lowest BCUT2D eigenvalue weighted by molar-refractivity contribution is -0.384. The van der Waals surface area contributed by atoms with Crippen molar-refractivity contribution in [2.45, 2.75) is 38.2 Å². The highest BCUT2D eigenvalue weighted by Gasteiger charge is 2.31. The predicted molar refractivity (Wildman–Crippen MR) is 67.5 cm³/mol. The third-order valence-electron chi connectivity index (χ3n) is 3.43. The zero-order chi connectivity index (χ0) is 13.2. The number of hydrogen-bond donors (Lipinski definition) is 2. The zero-order valence-corrected chi connectivity index (χ0v) is 10.3. The molecule has 2 rings (SSSR count). The molecule has 0 aliphatic heterocycles. The topological polar surface area (TPSA) is 88.3 Å². The summed E-state index contributed by atoms with van der Waals surface area (Å²) in [6, 6.07) is 1.60. The molecule has 98 valence electrons. The first-order valence-corrected chi connectivity index (χ1v) is 6.08. The van der Waals surface area contributed by atoms with Crippen molar-refractivity contribution >= 4 is 11.5 Å². The molecule has 1 aromatic heterocycles. The minimum Gasteiger partial charge on any atom is -0.388 e. The summed E-state index contributed by atoms with van der Waals surface area (Å²) in [5.41, 5.74) is -0.200. The third-order valence-corrected chi connectivity index (χ3v) is 3.43. The van der Waals surface area contributed by atoms with E-state index in [2.05, 4.69) is 10.3 Å². The maximum atomic E-state index is 11.0. The summed E-state index contributed by atoms with van der Waals surface area (Å²) in [7, 11) is 0. The Kier molecular flexibility index (Phi) is 3.47. The largest absolute Gasteiger partial charge is 0.388 e. The van der Waals surface area contributed by atoms with Gasteiger partial charge in [0.2, 0.25) is 5.82 Å². The van der Waals surface area contributed by atoms with Crippen molar-refractivity contribution in [3.8, 4) is 0 Å². The van der Waals surface area contributed by atoms with E-state index in [1.54, 1.807) is 13.0 Å². The first-order chi connectivity index (χ1) is 8.52. The summed E-state index contributed by atoms with van der Waals surface area (Å²) in [5.74, 6) is 0.236. The molecule has 1 fully saturated rings. The van der Waals surface area contributed by atoms with E-state index in [0.29, 0.717) is 12.1 Å². The number of hydrogen-bond acceptors (Lipinski definition) is 5. The van der Waals surface area contributed by atoms with E-state index in [9.17, 15) is 15.2 Å². The van der Waals surface area contributed by atoms with Crippen LogP contribution >= 0.6 is 0 Å². The monoisotopic (exact) mass is 251 g/mol. The third kappa shape index (κ3) is 2.59. The summed E-state index contributed by atoms with van der Waals surface area (Å²) in [5, 5.41) is 24.1. The van der Waals surface area contributed by atoms with Gasteiger partial charge in [0.15, 0.2) is 0 Å². The molecule has 0 radical (unpaired) electrons. The molecular formula is C12H17N3O3. The van der Waals surface area contributed by atoms with E-state index in [1.807, 2.05) is 0 Å². The van der Waals surface area contributed by atoms with Crippen molar-refractivity contribution in [2.75, 3.05) is 11.9 Å².